The van der Waals surface area contributed by atoms with Crippen LogP contribution in [0.15, 0.2) is 30.3 Å². The van der Waals surface area contributed by atoms with Crippen LogP contribution in [0.1, 0.15) is 18.4 Å². The third-order valence-electron chi connectivity index (χ3n) is 4.15. The second kappa shape index (κ2) is 3.32. The lowest BCUT2D eigenvalue weighted by Gasteiger charge is -2.27. The molecule has 0 amide bonds. The normalized spacial score (nSPS) is 34.1. The van der Waals surface area contributed by atoms with Gasteiger partial charge in [0.2, 0.25) is 0 Å². The van der Waals surface area contributed by atoms with Crippen LogP contribution < -0.4 is 5.73 Å². The molecule has 2 N–H and O–H groups in total. The van der Waals surface area contributed by atoms with Crippen molar-refractivity contribution >= 4 is 0 Å². The first kappa shape index (κ1) is 9.37. The smallest absolute Gasteiger partial charge is 0.0367 e. The molecule has 1 aliphatic heterocycles. The summed E-state index contributed by atoms with van der Waals surface area (Å²) in [7, 11) is 0. The Hall–Kier alpha value is -0.860. The molecule has 1 heterocycles. The Morgan fingerprint density at radius 2 is 2.13 bits per heavy atom. The fraction of sp³-hybridized carbons (Fsp3) is 0.538. The summed E-state index contributed by atoms with van der Waals surface area (Å²) in [6, 6.07) is 10.7. The highest BCUT2D eigenvalue weighted by atomic mass is 15.3. The van der Waals surface area contributed by atoms with Gasteiger partial charge in [-0.05, 0) is 30.9 Å². The number of hydrogen-bond acceptors (Lipinski definition) is 2. The lowest BCUT2D eigenvalue weighted by Crippen LogP contribution is -2.40. The largest absolute Gasteiger partial charge is 0.329 e. The van der Waals surface area contributed by atoms with E-state index in [0.717, 1.165) is 19.0 Å². The minimum absolute atomic E-state index is 0.385. The van der Waals surface area contributed by atoms with Crippen molar-refractivity contribution in [1.29, 1.82) is 0 Å². The number of hydrogen-bond donors (Lipinski definition) is 1. The Morgan fingerprint density at radius 1 is 1.33 bits per heavy atom. The highest BCUT2D eigenvalue weighted by molar-refractivity contribution is 5.20. The number of likely N-dealkylation sites (tertiary alicyclic amines) is 1. The van der Waals surface area contributed by atoms with Crippen LogP contribution in [-0.4, -0.2) is 23.5 Å². The Balaban J connectivity index is 1.74. The molecule has 1 aromatic rings. The number of rotatable bonds is 3. The quantitative estimate of drug-likeness (QED) is 0.807. The van der Waals surface area contributed by atoms with Gasteiger partial charge in [0.05, 0.1) is 0 Å². The van der Waals surface area contributed by atoms with Crippen molar-refractivity contribution in [2.45, 2.75) is 24.9 Å². The first-order valence-corrected chi connectivity index (χ1v) is 5.84. The molecular weight excluding hydrogens is 184 g/mol. The Labute approximate surface area is 91.1 Å². The van der Waals surface area contributed by atoms with Crippen LogP contribution in [0.4, 0.5) is 0 Å². The van der Waals surface area contributed by atoms with Crippen molar-refractivity contribution in [2.75, 3.05) is 13.1 Å². The molecule has 2 nitrogen and oxygen atoms in total. The van der Waals surface area contributed by atoms with Gasteiger partial charge in [-0.15, -0.1) is 0 Å². The summed E-state index contributed by atoms with van der Waals surface area (Å²) in [4.78, 5) is 2.59. The maximum Gasteiger partial charge on any atom is 0.0367 e. The number of fused-ring (bicyclic) bond motifs is 1. The maximum absolute atomic E-state index is 5.91. The Morgan fingerprint density at radius 3 is 2.80 bits per heavy atom. The Kier molecular flexibility index (Phi) is 2.08. The molecule has 2 aliphatic rings. The molecule has 0 spiro atoms. The van der Waals surface area contributed by atoms with Crippen LogP contribution in [0.2, 0.25) is 0 Å². The van der Waals surface area contributed by atoms with Crippen molar-refractivity contribution < 1.29 is 0 Å². The lowest BCUT2D eigenvalue weighted by atomic mass is 10.1. The summed E-state index contributed by atoms with van der Waals surface area (Å²) >= 11 is 0. The molecule has 2 fully saturated rings. The molecule has 1 aliphatic carbocycles. The van der Waals surface area contributed by atoms with E-state index in [1.54, 1.807) is 0 Å². The summed E-state index contributed by atoms with van der Waals surface area (Å²) in [6.45, 7) is 3.15. The van der Waals surface area contributed by atoms with Crippen LogP contribution >= 0.6 is 0 Å². The summed E-state index contributed by atoms with van der Waals surface area (Å²) in [5.74, 6) is 0.895. The maximum atomic E-state index is 5.91. The standard InChI is InChI=1S/C13H18N2/c14-10-13-8-12(13)6-7-15(13)9-11-4-2-1-3-5-11/h1-5,12H,6-10,14H2. The molecular formula is C13H18N2. The molecule has 2 heteroatoms. The van der Waals surface area contributed by atoms with Gasteiger partial charge in [-0.3, -0.25) is 4.90 Å². The van der Waals surface area contributed by atoms with E-state index >= 15 is 0 Å². The predicted octanol–water partition coefficient (Wildman–Crippen LogP) is 1.61. The number of piperidine rings is 1. The number of nitrogens with two attached hydrogens (primary N) is 1. The number of nitrogens with zero attached hydrogens (tertiary/aromatic N) is 1. The average molecular weight is 202 g/mol. The first-order valence-electron chi connectivity index (χ1n) is 5.84. The Bertz CT molecular complexity index is 345. The molecule has 1 aromatic carbocycles. The minimum atomic E-state index is 0.385. The highest BCUT2D eigenvalue weighted by Crippen LogP contribution is 2.55. The van der Waals surface area contributed by atoms with Gasteiger partial charge in [0.15, 0.2) is 0 Å². The van der Waals surface area contributed by atoms with Gasteiger partial charge in [0.25, 0.3) is 0 Å². The van der Waals surface area contributed by atoms with E-state index in [-0.39, 0.29) is 0 Å². The van der Waals surface area contributed by atoms with Crippen LogP contribution in [0.5, 0.6) is 0 Å². The van der Waals surface area contributed by atoms with Gasteiger partial charge in [-0.25, -0.2) is 0 Å². The molecule has 0 aromatic heterocycles. The minimum Gasteiger partial charge on any atom is -0.329 e. The average Bonchev–Trinajstić information content (AvgIpc) is 2.92. The molecule has 0 radical (unpaired) electrons. The van der Waals surface area contributed by atoms with Gasteiger partial charge >= 0.3 is 0 Å². The van der Waals surface area contributed by atoms with E-state index in [9.17, 15) is 0 Å². The third-order valence-corrected chi connectivity index (χ3v) is 4.15. The van der Waals surface area contributed by atoms with E-state index in [2.05, 4.69) is 35.2 Å². The zero-order valence-corrected chi connectivity index (χ0v) is 9.02. The lowest BCUT2D eigenvalue weighted by molar-refractivity contribution is 0.206. The van der Waals surface area contributed by atoms with Crippen molar-refractivity contribution in [3.63, 3.8) is 0 Å². The number of benzene rings is 1. The van der Waals surface area contributed by atoms with Crippen molar-refractivity contribution in [2.24, 2.45) is 11.7 Å². The predicted molar refractivity (Wildman–Crippen MR) is 61.4 cm³/mol. The van der Waals surface area contributed by atoms with Gasteiger partial charge in [-0.1, -0.05) is 30.3 Å². The second-order valence-electron chi connectivity index (χ2n) is 4.90. The molecule has 80 valence electrons. The monoisotopic (exact) mass is 202 g/mol. The summed E-state index contributed by atoms with van der Waals surface area (Å²) in [6.07, 6.45) is 2.68. The second-order valence-corrected chi connectivity index (χ2v) is 4.90. The summed E-state index contributed by atoms with van der Waals surface area (Å²) < 4.78 is 0. The zero-order valence-electron chi connectivity index (χ0n) is 9.02. The highest BCUT2D eigenvalue weighted by Gasteiger charge is 2.60. The van der Waals surface area contributed by atoms with E-state index in [4.69, 9.17) is 5.73 Å². The molecule has 1 saturated carbocycles. The van der Waals surface area contributed by atoms with Crippen LogP contribution in [0.25, 0.3) is 0 Å². The summed E-state index contributed by atoms with van der Waals surface area (Å²) in [5.41, 5.74) is 7.71. The fourth-order valence-electron chi connectivity index (χ4n) is 3.08. The molecule has 15 heavy (non-hydrogen) atoms. The van der Waals surface area contributed by atoms with Crippen molar-refractivity contribution in [3.05, 3.63) is 35.9 Å². The van der Waals surface area contributed by atoms with E-state index in [1.807, 2.05) is 0 Å². The van der Waals surface area contributed by atoms with Gasteiger partial charge in [0, 0.05) is 18.6 Å². The van der Waals surface area contributed by atoms with Gasteiger partial charge in [0.1, 0.15) is 0 Å². The SMILES string of the molecule is NCC12CC1CCN2Cc1ccccc1. The fourth-order valence-corrected chi connectivity index (χ4v) is 3.08. The molecule has 3 rings (SSSR count). The van der Waals surface area contributed by atoms with E-state index in [0.29, 0.717) is 5.54 Å². The van der Waals surface area contributed by atoms with Crippen LogP contribution in [0, 0.1) is 5.92 Å². The van der Waals surface area contributed by atoms with Crippen LogP contribution in [-0.2, 0) is 6.54 Å². The van der Waals surface area contributed by atoms with Crippen molar-refractivity contribution in [3.8, 4) is 0 Å². The molecule has 0 bridgehead atoms. The van der Waals surface area contributed by atoms with Crippen LogP contribution in [0.3, 0.4) is 0 Å². The van der Waals surface area contributed by atoms with Gasteiger partial charge in [-0.2, -0.15) is 0 Å². The first-order chi connectivity index (χ1) is 7.35. The molecule has 2 unspecified atom stereocenters. The zero-order chi connectivity index (χ0) is 10.3. The van der Waals surface area contributed by atoms with Gasteiger partial charge < -0.3 is 5.73 Å². The van der Waals surface area contributed by atoms with E-state index in [1.165, 1.54) is 24.9 Å². The van der Waals surface area contributed by atoms with Crippen molar-refractivity contribution in [1.82, 2.24) is 4.90 Å². The third kappa shape index (κ3) is 1.40. The molecule has 1 saturated heterocycles. The topological polar surface area (TPSA) is 29.3 Å². The van der Waals surface area contributed by atoms with E-state index < -0.39 is 0 Å². The summed E-state index contributed by atoms with van der Waals surface area (Å²) in [5, 5.41) is 0. The molecule has 2 atom stereocenters.